The van der Waals surface area contributed by atoms with Crippen LogP contribution >= 0.6 is 0 Å². The molecule has 3 rings (SSSR count). The summed E-state index contributed by atoms with van der Waals surface area (Å²) in [6.45, 7) is 2.62. The first-order chi connectivity index (χ1) is 7.77. The normalized spacial score (nSPS) is 33.9. The van der Waals surface area contributed by atoms with Crippen LogP contribution in [0.3, 0.4) is 0 Å². The Kier molecular flexibility index (Phi) is 2.78. The van der Waals surface area contributed by atoms with Crippen LogP contribution in [-0.4, -0.2) is 31.5 Å². The van der Waals surface area contributed by atoms with Crippen LogP contribution in [0.15, 0.2) is 11.1 Å². The molecule has 3 heteroatoms. The molecule has 16 heavy (non-hydrogen) atoms. The highest BCUT2D eigenvalue weighted by Gasteiger charge is 2.38. The van der Waals surface area contributed by atoms with Gasteiger partial charge in [-0.1, -0.05) is 11.1 Å². The highest BCUT2D eigenvalue weighted by atomic mass is 16.5. The predicted molar refractivity (Wildman–Crippen MR) is 62.2 cm³/mol. The monoisotopic (exact) mass is 223 g/mol. The molecule has 0 bridgehead atoms. The lowest BCUT2D eigenvalue weighted by Gasteiger charge is -2.43. The van der Waals surface area contributed by atoms with Crippen LogP contribution < -0.4 is 5.73 Å². The fourth-order valence-electron chi connectivity index (χ4n) is 3.15. The summed E-state index contributed by atoms with van der Waals surface area (Å²) in [7, 11) is 0. The standard InChI is InChI=1S/C13H21NO2/c14-12-7-11(8-12)10-1-4-16-13(9-10)2-5-15-6-3-13/h12H,1-9,14H2. The zero-order valence-corrected chi connectivity index (χ0v) is 9.84. The Morgan fingerprint density at radius 2 is 1.81 bits per heavy atom. The van der Waals surface area contributed by atoms with E-state index >= 15 is 0 Å². The minimum atomic E-state index is 0.110. The summed E-state index contributed by atoms with van der Waals surface area (Å²) in [5, 5.41) is 0. The van der Waals surface area contributed by atoms with Gasteiger partial charge < -0.3 is 15.2 Å². The van der Waals surface area contributed by atoms with Crippen LogP contribution in [0.5, 0.6) is 0 Å². The number of rotatable bonds is 0. The smallest absolute Gasteiger partial charge is 0.0763 e. The van der Waals surface area contributed by atoms with Crippen molar-refractivity contribution < 1.29 is 9.47 Å². The lowest BCUT2D eigenvalue weighted by molar-refractivity contribution is -0.121. The Morgan fingerprint density at radius 3 is 2.50 bits per heavy atom. The molecule has 1 spiro atoms. The Bertz CT molecular complexity index is 292. The lowest BCUT2D eigenvalue weighted by Crippen LogP contribution is -2.43. The van der Waals surface area contributed by atoms with Crippen LogP contribution in [0.1, 0.15) is 38.5 Å². The topological polar surface area (TPSA) is 44.5 Å². The summed E-state index contributed by atoms with van der Waals surface area (Å²) in [6.07, 6.45) is 6.65. The molecule has 3 aliphatic rings. The van der Waals surface area contributed by atoms with Crippen molar-refractivity contribution in [1.29, 1.82) is 0 Å². The van der Waals surface area contributed by atoms with Gasteiger partial charge in [0, 0.05) is 32.1 Å². The van der Waals surface area contributed by atoms with Crippen LogP contribution in [0, 0.1) is 0 Å². The molecule has 3 fully saturated rings. The van der Waals surface area contributed by atoms with E-state index in [0.29, 0.717) is 6.04 Å². The molecular formula is C13H21NO2. The van der Waals surface area contributed by atoms with Gasteiger partial charge >= 0.3 is 0 Å². The van der Waals surface area contributed by atoms with Crippen LogP contribution in [0.2, 0.25) is 0 Å². The first-order valence-corrected chi connectivity index (χ1v) is 6.44. The Balaban J connectivity index is 1.72. The molecule has 0 aromatic heterocycles. The Morgan fingerprint density at radius 1 is 1.06 bits per heavy atom. The van der Waals surface area contributed by atoms with Gasteiger partial charge in [0.05, 0.1) is 12.2 Å². The summed E-state index contributed by atoms with van der Waals surface area (Å²) in [4.78, 5) is 0. The molecule has 0 unspecified atom stereocenters. The maximum atomic E-state index is 6.04. The number of ether oxygens (including phenoxy) is 2. The molecule has 2 heterocycles. The van der Waals surface area contributed by atoms with E-state index in [4.69, 9.17) is 15.2 Å². The molecule has 90 valence electrons. The minimum absolute atomic E-state index is 0.110. The summed E-state index contributed by atoms with van der Waals surface area (Å²) in [6, 6.07) is 0.427. The maximum absolute atomic E-state index is 6.04. The van der Waals surface area contributed by atoms with Crippen LogP contribution in [0.4, 0.5) is 0 Å². The molecule has 1 aliphatic carbocycles. The number of nitrogens with two attached hydrogens (primary N) is 1. The van der Waals surface area contributed by atoms with Gasteiger partial charge in [-0.2, -0.15) is 0 Å². The van der Waals surface area contributed by atoms with Crippen molar-refractivity contribution in [2.24, 2.45) is 5.73 Å². The van der Waals surface area contributed by atoms with Crippen molar-refractivity contribution >= 4 is 0 Å². The second-order valence-electron chi connectivity index (χ2n) is 5.45. The van der Waals surface area contributed by atoms with Gasteiger partial charge in [-0.05, 0) is 25.7 Å². The predicted octanol–water partition coefficient (Wildman–Crippen LogP) is 1.76. The third kappa shape index (κ3) is 1.92. The van der Waals surface area contributed by atoms with E-state index in [0.717, 1.165) is 58.3 Å². The molecule has 0 amide bonds. The quantitative estimate of drug-likeness (QED) is 0.636. The average Bonchev–Trinajstić information content (AvgIpc) is 2.26. The van der Waals surface area contributed by atoms with E-state index in [1.54, 1.807) is 11.1 Å². The van der Waals surface area contributed by atoms with E-state index < -0.39 is 0 Å². The molecule has 0 radical (unpaired) electrons. The van der Waals surface area contributed by atoms with Crippen molar-refractivity contribution in [2.75, 3.05) is 19.8 Å². The highest BCUT2D eigenvalue weighted by Crippen LogP contribution is 2.41. The van der Waals surface area contributed by atoms with Crippen molar-refractivity contribution in [3.05, 3.63) is 11.1 Å². The third-order valence-corrected chi connectivity index (χ3v) is 4.27. The largest absolute Gasteiger partial charge is 0.381 e. The van der Waals surface area contributed by atoms with Crippen molar-refractivity contribution in [2.45, 2.75) is 50.2 Å². The second-order valence-corrected chi connectivity index (χ2v) is 5.45. The van der Waals surface area contributed by atoms with Gasteiger partial charge in [0.25, 0.3) is 0 Å². The van der Waals surface area contributed by atoms with Gasteiger partial charge in [0.1, 0.15) is 0 Å². The molecule has 1 saturated carbocycles. The molecule has 0 aromatic rings. The van der Waals surface area contributed by atoms with Crippen LogP contribution in [-0.2, 0) is 9.47 Å². The molecule has 0 atom stereocenters. The SMILES string of the molecule is NC1CC(=C2CCOC3(CCOCC3)C2)C1. The Labute approximate surface area is 97.0 Å². The fourth-order valence-corrected chi connectivity index (χ4v) is 3.15. The molecule has 2 aliphatic heterocycles. The first kappa shape index (κ1) is 10.8. The van der Waals surface area contributed by atoms with Gasteiger partial charge in [-0.15, -0.1) is 0 Å². The van der Waals surface area contributed by atoms with Crippen molar-refractivity contribution in [3.8, 4) is 0 Å². The molecule has 3 nitrogen and oxygen atoms in total. The third-order valence-electron chi connectivity index (χ3n) is 4.27. The molecule has 0 aromatic carbocycles. The zero-order valence-electron chi connectivity index (χ0n) is 9.84. The molecule has 2 N–H and O–H groups in total. The van der Waals surface area contributed by atoms with E-state index in [9.17, 15) is 0 Å². The minimum Gasteiger partial charge on any atom is -0.381 e. The van der Waals surface area contributed by atoms with E-state index in [-0.39, 0.29) is 5.60 Å². The van der Waals surface area contributed by atoms with Gasteiger partial charge in [-0.25, -0.2) is 0 Å². The fraction of sp³-hybridized carbons (Fsp3) is 0.846. The first-order valence-electron chi connectivity index (χ1n) is 6.44. The second kappa shape index (κ2) is 4.13. The average molecular weight is 223 g/mol. The number of hydrogen-bond acceptors (Lipinski definition) is 3. The van der Waals surface area contributed by atoms with Gasteiger partial charge in [-0.3, -0.25) is 0 Å². The van der Waals surface area contributed by atoms with Crippen LogP contribution in [0.25, 0.3) is 0 Å². The molecule has 2 saturated heterocycles. The summed E-state index contributed by atoms with van der Waals surface area (Å²) < 4.78 is 11.5. The van der Waals surface area contributed by atoms with Gasteiger partial charge in [0.2, 0.25) is 0 Å². The zero-order chi connectivity index (χ0) is 11.0. The molecular weight excluding hydrogens is 202 g/mol. The van der Waals surface area contributed by atoms with E-state index in [2.05, 4.69) is 0 Å². The lowest BCUT2D eigenvalue weighted by atomic mass is 9.76. The maximum Gasteiger partial charge on any atom is 0.0763 e. The summed E-state index contributed by atoms with van der Waals surface area (Å²) in [5.41, 5.74) is 9.24. The van der Waals surface area contributed by atoms with Crippen molar-refractivity contribution in [3.63, 3.8) is 0 Å². The van der Waals surface area contributed by atoms with Gasteiger partial charge in [0.15, 0.2) is 0 Å². The highest BCUT2D eigenvalue weighted by molar-refractivity contribution is 5.26. The summed E-state index contributed by atoms with van der Waals surface area (Å²) in [5.74, 6) is 0. The van der Waals surface area contributed by atoms with Crippen molar-refractivity contribution in [1.82, 2.24) is 0 Å². The number of hydrogen-bond donors (Lipinski definition) is 1. The summed E-state index contributed by atoms with van der Waals surface area (Å²) >= 11 is 0. The van der Waals surface area contributed by atoms with E-state index in [1.165, 1.54) is 0 Å². The van der Waals surface area contributed by atoms with E-state index in [1.807, 2.05) is 0 Å². The Hall–Kier alpha value is -0.380.